The summed E-state index contributed by atoms with van der Waals surface area (Å²) in [6.07, 6.45) is 3.07. The zero-order chi connectivity index (χ0) is 13.9. The predicted molar refractivity (Wildman–Crippen MR) is 75.9 cm³/mol. The van der Waals surface area contributed by atoms with Crippen LogP contribution in [0.4, 0.5) is 0 Å². The van der Waals surface area contributed by atoms with Gasteiger partial charge >= 0.3 is 0 Å². The monoisotopic (exact) mass is 275 g/mol. The number of hydrogen-bond donors (Lipinski definition) is 2. The van der Waals surface area contributed by atoms with Gasteiger partial charge in [-0.15, -0.1) is 0 Å². The van der Waals surface area contributed by atoms with Crippen LogP contribution in [0.3, 0.4) is 0 Å². The number of aromatic hydroxyl groups is 1. The van der Waals surface area contributed by atoms with Crippen LogP contribution in [0.25, 0.3) is 0 Å². The second-order valence-electron chi connectivity index (χ2n) is 6.33. The molecule has 4 heteroatoms. The molecular weight excluding hydrogens is 254 g/mol. The van der Waals surface area contributed by atoms with Gasteiger partial charge in [0, 0.05) is 42.0 Å². The molecule has 1 fully saturated rings. The highest BCUT2D eigenvalue weighted by molar-refractivity contribution is 5.66. The van der Waals surface area contributed by atoms with Gasteiger partial charge in [0.05, 0.1) is 0 Å². The van der Waals surface area contributed by atoms with Gasteiger partial charge in [0.15, 0.2) is 11.5 Å². The van der Waals surface area contributed by atoms with E-state index >= 15 is 0 Å². The van der Waals surface area contributed by atoms with Crippen LogP contribution in [-0.4, -0.2) is 30.4 Å². The van der Waals surface area contributed by atoms with Crippen molar-refractivity contribution in [2.75, 3.05) is 13.1 Å². The van der Waals surface area contributed by atoms with Crippen LogP contribution >= 0.6 is 0 Å². The summed E-state index contributed by atoms with van der Waals surface area (Å²) in [5, 5.41) is 13.9. The average molecular weight is 275 g/mol. The number of ether oxygens (including phenoxy) is 2. The topological polar surface area (TPSA) is 50.7 Å². The molecule has 3 aliphatic heterocycles. The molecular formula is C16H21NO3. The van der Waals surface area contributed by atoms with E-state index in [1.807, 2.05) is 0 Å². The Kier molecular flexibility index (Phi) is 2.64. The lowest BCUT2D eigenvalue weighted by atomic mass is 9.88. The van der Waals surface area contributed by atoms with Crippen LogP contribution in [0.15, 0.2) is 0 Å². The molecule has 0 saturated carbocycles. The fourth-order valence-electron chi connectivity index (χ4n) is 3.86. The lowest BCUT2D eigenvalue weighted by Crippen LogP contribution is -2.12. The van der Waals surface area contributed by atoms with Gasteiger partial charge in [-0.3, -0.25) is 0 Å². The molecule has 0 spiro atoms. The van der Waals surface area contributed by atoms with E-state index in [1.54, 1.807) is 0 Å². The predicted octanol–water partition coefficient (Wildman–Crippen LogP) is 2.12. The average Bonchev–Trinajstić information content (AvgIpc) is 3.09. The van der Waals surface area contributed by atoms with Crippen LogP contribution in [0.2, 0.25) is 0 Å². The third kappa shape index (κ3) is 1.64. The number of benzene rings is 1. The standard InChI is InChI=1S/C16H21NO3/c1-8-5-11-13(10-3-4-17-7-10)15-12(6-9(2)19-15)14(18)16(11)20-8/h8-10,17-18H,3-7H2,1-2H3. The van der Waals surface area contributed by atoms with Gasteiger partial charge in [0.1, 0.15) is 18.0 Å². The minimum atomic E-state index is 0.143. The van der Waals surface area contributed by atoms with Crippen LogP contribution in [0.5, 0.6) is 17.2 Å². The van der Waals surface area contributed by atoms with Crippen LogP contribution in [0.1, 0.15) is 42.9 Å². The Morgan fingerprint density at radius 3 is 2.45 bits per heavy atom. The Bertz CT molecular complexity index is 524. The molecule has 4 nitrogen and oxygen atoms in total. The minimum Gasteiger partial charge on any atom is -0.504 e. The zero-order valence-electron chi connectivity index (χ0n) is 12.0. The van der Waals surface area contributed by atoms with Crippen molar-refractivity contribution < 1.29 is 14.6 Å². The normalized spacial score (nSPS) is 30.8. The largest absolute Gasteiger partial charge is 0.504 e. The maximum Gasteiger partial charge on any atom is 0.165 e. The van der Waals surface area contributed by atoms with Crippen LogP contribution in [0, 0.1) is 0 Å². The van der Waals surface area contributed by atoms with Crippen molar-refractivity contribution in [1.29, 1.82) is 0 Å². The molecule has 0 aliphatic carbocycles. The summed E-state index contributed by atoms with van der Waals surface area (Å²) in [5.41, 5.74) is 3.43. The Balaban J connectivity index is 1.92. The molecule has 20 heavy (non-hydrogen) atoms. The molecule has 0 amide bonds. The van der Waals surface area contributed by atoms with Crippen molar-refractivity contribution in [2.45, 2.75) is 51.2 Å². The minimum absolute atomic E-state index is 0.143. The molecule has 0 aromatic heterocycles. The van der Waals surface area contributed by atoms with Gasteiger partial charge in [-0.2, -0.15) is 0 Å². The van der Waals surface area contributed by atoms with E-state index in [0.717, 1.165) is 49.4 Å². The first kappa shape index (κ1) is 12.3. The second kappa shape index (κ2) is 4.29. The summed E-state index contributed by atoms with van der Waals surface area (Å²) in [7, 11) is 0. The van der Waals surface area contributed by atoms with Gasteiger partial charge in [-0.05, 0) is 26.8 Å². The van der Waals surface area contributed by atoms with Gasteiger partial charge in [-0.25, -0.2) is 0 Å². The van der Waals surface area contributed by atoms with Crippen molar-refractivity contribution in [1.82, 2.24) is 5.32 Å². The number of rotatable bonds is 1. The lowest BCUT2D eigenvalue weighted by Gasteiger charge is -2.19. The maximum atomic E-state index is 10.5. The molecule has 1 saturated heterocycles. The van der Waals surface area contributed by atoms with E-state index in [1.165, 1.54) is 11.1 Å². The van der Waals surface area contributed by atoms with E-state index in [0.29, 0.717) is 11.7 Å². The van der Waals surface area contributed by atoms with E-state index in [2.05, 4.69) is 19.2 Å². The summed E-state index contributed by atoms with van der Waals surface area (Å²) in [6.45, 7) is 6.17. The number of fused-ring (bicyclic) bond motifs is 2. The Hall–Kier alpha value is -1.42. The molecule has 1 aromatic rings. The smallest absolute Gasteiger partial charge is 0.165 e. The van der Waals surface area contributed by atoms with Crippen LogP contribution < -0.4 is 14.8 Å². The number of phenols is 1. The van der Waals surface area contributed by atoms with E-state index in [9.17, 15) is 5.11 Å². The molecule has 3 aliphatic rings. The Morgan fingerprint density at radius 2 is 1.75 bits per heavy atom. The lowest BCUT2D eigenvalue weighted by molar-refractivity contribution is 0.244. The third-order valence-corrected chi connectivity index (χ3v) is 4.71. The van der Waals surface area contributed by atoms with Crippen molar-refractivity contribution in [2.24, 2.45) is 0 Å². The number of nitrogens with one attached hydrogen (secondary N) is 1. The summed E-state index contributed by atoms with van der Waals surface area (Å²) in [6, 6.07) is 0. The van der Waals surface area contributed by atoms with Gasteiger partial charge in [0.25, 0.3) is 0 Å². The molecule has 3 heterocycles. The molecule has 3 atom stereocenters. The van der Waals surface area contributed by atoms with E-state index < -0.39 is 0 Å². The number of hydrogen-bond acceptors (Lipinski definition) is 4. The molecule has 1 aromatic carbocycles. The first-order valence-electron chi connectivity index (χ1n) is 7.59. The fourth-order valence-corrected chi connectivity index (χ4v) is 3.86. The molecule has 108 valence electrons. The molecule has 2 N–H and O–H groups in total. The molecule has 0 radical (unpaired) electrons. The molecule has 3 unspecified atom stereocenters. The molecule has 4 rings (SSSR count). The van der Waals surface area contributed by atoms with Crippen molar-refractivity contribution in [3.63, 3.8) is 0 Å². The zero-order valence-corrected chi connectivity index (χ0v) is 12.0. The SMILES string of the molecule is CC1Cc2c(c(O)c3c(c2C2CCNC2)OC(C)C3)O1. The van der Waals surface area contributed by atoms with E-state index in [-0.39, 0.29) is 12.2 Å². The van der Waals surface area contributed by atoms with Crippen molar-refractivity contribution in [3.8, 4) is 17.2 Å². The molecule has 0 bridgehead atoms. The van der Waals surface area contributed by atoms with Gasteiger partial charge < -0.3 is 19.9 Å². The van der Waals surface area contributed by atoms with Crippen molar-refractivity contribution in [3.05, 3.63) is 16.7 Å². The summed E-state index contributed by atoms with van der Waals surface area (Å²) in [5.74, 6) is 2.46. The summed E-state index contributed by atoms with van der Waals surface area (Å²) in [4.78, 5) is 0. The quantitative estimate of drug-likeness (QED) is 0.824. The maximum absolute atomic E-state index is 10.5. The Morgan fingerprint density at radius 1 is 1.05 bits per heavy atom. The summed E-state index contributed by atoms with van der Waals surface area (Å²) >= 11 is 0. The second-order valence-corrected chi connectivity index (χ2v) is 6.33. The van der Waals surface area contributed by atoms with Crippen LogP contribution in [-0.2, 0) is 12.8 Å². The highest BCUT2D eigenvalue weighted by Gasteiger charge is 2.38. The van der Waals surface area contributed by atoms with Gasteiger partial charge in [0.2, 0.25) is 0 Å². The third-order valence-electron chi connectivity index (χ3n) is 4.71. The highest BCUT2D eigenvalue weighted by Crippen LogP contribution is 2.53. The van der Waals surface area contributed by atoms with Crippen molar-refractivity contribution >= 4 is 0 Å². The fraction of sp³-hybridized carbons (Fsp3) is 0.625. The van der Waals surface area contributed by atoms with E-state index in [4.69, 9.17) is 9.47 Å². The highest BCUT2D eigenvalue weighted by atomic mass is 16.5. The summed E-state index contributed by atoms with van der Waals surface area (Å²) < 4.78 is 11.9. The first-order chi connectivity index (χ1) is 9.65. The van der Waals surface area contributed by atoms with Gasteiger partial charge in [-0.1, -0.05) is 0 Å². The first-order valence-corrected chi connectivity index (χ1v) is 7.59. The number of phenolic OH excluding ortho intramolecular Hbond substituents is 1. The Labute approximate surface area is 119 Å².